The maximum absolute atomic E-state index is 12.0. The Morgan fingerprint density at radius 2 is 2.25 bits per heavy atom. The molecule has 0 aromatic rings. The fraction of sp³-hybridized carbons (Fsp3) is 0.750. The summed E-state index contributed by atoms with van der Waals surface area (Å²) in [5.41, 5.74) is 1.83. The Kier molecular flexibility index (Phi) is 3.30. The van der Waals surface area contributed by atoms with E-state index in [1.54, 1.807) is 12.0 Å². The van der Waals surface area contributed by atoms with E-state index in [4.69, 9.17) is 9.47 Å². The third kappa shape index (κ3) is 1.87. The standard InChI is InChI=1S/C12H19NO3/c1-8-9(2)12(15-3)13(11(8)14)7-10-5-4-6-16-10/h10,12H,4-7H2,1-3H3/t10-,12+/m0/s1. The van der Waals surface area contributed by atoms with Gasteiger partial charge in [0, 0.05) is 19.3 Å². The highest BCUT2D eigenvalue weighted by molar-refractivity contribution is 5.96. The monoisotopic (exact) mass is 225 g/mol. The van der Waals surface area contributed by atoms with Crippen LogP contribution in [0.15, 0.2) is 11.1 Å². The Labute approximate surface area is 96.2 Å². The number of rotatable bonds is 3. The zero-order chi connectivity index (χ0) is 11.7. The molecule has 0 radical (unpaired) electrons. The molecular formula is C12H19NO3. The molecule has 90 valence electrons. The summed E-state index contributed by atoms with van der Waals surface area (Å²) in [6, 6.07) is 0. The van der Waals surface area contributed by atoms with Gasteiger partial charge in [0.2, 0.25) is 0 Å². The number of hydrogen-bond donors (Lipinski definition) is 0. The van der Waals surface area contributed by atoms with Gasteiger partial charge in [-0.3, -0.25) is 4.79 Å². The van der Waals surface area contributed by atoms with Crippen LogP contribution in [-0.4, -0.2) is 43.4 Å². The first kappa shape index (κ1) is 11.6. The molecule has 0 N–H and O–H groups in total. The van der Waals surface area contributed by atoms with Crippen LogP contribution >= 0.6 is 0 Å². The molecule has 1 amide bonds. The number of amides is 1. The first-order valence-electron chi connectivity index (χ1n) is 5.78. The summed E-state index contributed by atoms with van der Waals surface area (Å²) in [6.07, 6.45) is 2.12. The molecule has 4 nitrogen and oxygen atoms in total. The lowest BCUT2D eigenvalue weighted by Gasteiger charge is -2.27. The predicted octanol–water partition coefficient (Wildman–Crippen LogP) is 1.32. The van der Waals surface area contributed by atoms with Crippen LogP contribution in [0.3, 0.4) is 0 Å². The average Bonchev–Trinajstić information content (AvgIpc) is 2.84. The zero-order valence-electron chi connectivity index (χ0n) is 10.2. The average molecular weight is 225 g/mol. The molecule has 0 saturated carbocycles. The smallest absolute Gasteiger partial charge is 0.251 e. The minimum absolute atomic E-state index is 0.0832. The largest absolute Gasteiger partial charge is 0.376 e. The lowest BCUT2D eigenvalue weighted by atomic mass is 10.2. The van der Waals surface area contributed by atoms with Crippen LogP contribution in [-0.2, 0) is 14.3 Å². The molecule has 2 atom stereocenters. The summed E-state index contributed by atoms with van der Waals surface area (Å²) >= 11 is 0. The molecule has 0 spiro atoms. The van der Waals surface area contributed by atoms with Crippen molar-refractivity contribution in [2.24, 2.45) is 0 Å². The second kappa shape index (κ2) is 4.55. The summed E-state index contributed by atoms with van der Waals surface area (Å²) in [5, 5.41) is 0. The van der Waals surface area contributed by atoms with E-state index in [-0.39, 0.29) is 18.2 Å². The van der Waals surface area contributed by atoms with E-state index in [0.717, 1.165) is 30.6 Å². The minimum atomic E-state index is -0.198. The molecule has 2 rings (SSSR count). The molecule has 1 saturated heterocycles. The number of methoxy groups -OCH3 is 1. The normalized spacial score (nSPS) is 30.7. The van der Waals surface area contributed by atoms with Crippen molar-refractivity contribution in [3.63, 3.8) is 0 Å². The molecule has 0 aliphatic carbocycles. The van der Waals surface area contributed by atoms with Crippen molar-refractivity contribution in [2.45, 2.75) is 39.0 Å². The molecule has 0 bridgehead atoms. The Hall–Kier alpha value is -0.870. The molecule has 2 aliphatic rings. The van der Waals surface area contributed by atoms with Crippen LogP contribution in [0, 0.1) is 0 Å². The molecule has 1 fully saturated rings. The third-order valence-electron chi connectivity index (χ3n) is 3.47. The van der Waals surface area contributed by atoms with Crippen LogP contribution in [0.2, 0.25) is 0 Å². The van der Waals surface area contributed by atoms with E-state index in [0.29, 0.717) is 6.54 Å². The van der Waals surface area contributed by atoms with E-state index in [9.17, 15) is 4.79 Å². The Morgan fingerprint density at radius 1 is 1.50 bits per heavy atom. The maximum Gasteiger partial charge on any atom is 0.251 e. The fourth-order valence-corrected chi connectivity index (χ4v) is 2.40. The topological polar surface area (TPSA) is 38.8 Å². The van der Waals surface area contributed by atoms with Gasteiger partial charge in [-0.25, -0.2) is 0 Å². The van der Waals surface area contributed by atoms with Gasteiger partial charge in [0.05, 0.1) is 12.6 Å². The van der Waals surface area contributed by atoms with Gasteiger partial charge in [-0.05, 0) is 32.3 Å². The third-order valence-corrected chi connectivity index (χ3v) is 3.47. The van der Waals surface area contributed by atoms with E-state index < -0.39 is 0 Å². The highest BCUT2D eigenvalue weighted by atomic mass is 16.5. The molecule has 0 unspecified atom stereocenters. The van der Waals surface area contributed by atoms with Gasteiger partial charge in [-0.15, -0.1) is 0 Å². The van der Waals surface area contributed by atoms with Gasteiger partial charge in [0.25, 0.3) is 5.91 Å². The van der Waals surface area contributed by atoms with Gasteiger partial charge < -0.3 is 14.4 Å². The number of carbonyl (C=O) groups is 1. The van der Waals surface area contributed by atoms with Gasteiger partial charge >= 0.3 is 0 Å². The molecule has 16 heavy (non-hydrogen) atoms. The SMILES string of the molecule is CO[C@@H]1C(C)=C(C)C(=O)N1C[C@@H]1CCCO1. The number of hydrogen-bond acceptors (Lipinski definition) is 3. The van der Waals surface area contributed by atoms with Crippen molar-refractivity contribution >= 4 is 5.91 Å². The van der Waals surface area contributed by atoms with Gasteiger partial charge in [0.1, 0.15) is 0 Å². The second-order valence-corrected chi connectivity index (χ2v) is 4.49. The highest BCUT2D eigenvalue weighted by Crippen LogP contribution is 2.27. The number of nitrogens with zero attached hydrogens (tertiary/aromatic N) is 1. The van der Waals surface area contributed by atoms with E-state index >= 15 is 0 Å². The van der Waals surface area contributed by atoms with Crippen molar-refractivity contribution < 1.29 is 14.3 Å². The van der Waals surface area contributed by atoms with Crippen molar-refractivity contribution in [1.29, 1.82) is 0 Å². The molecule has 2 heterocycles. The second-order valence-electron chi connectivity index (χ2n) is 4.49. The Morgan fingerprint density at radius 3 is 2.81 bits per heavy atom. The van der Waals surface area contributed by atoms with Crippen LogP contribution in [0.5, 0.6) is 0 Å². The molecule has 0 aromatic heterocycles. The first-order valence-corrected chi connectivity index (χ1v) is 5.78. The Balaban J connectivity index is 2.06. The van der Waals surface area contributed by atoms with Crippen molar-refractivity contribution in [1.82, 2.24) is 4.90 Å². The number of ether oxygens (including phenoxy) is 2. The Bertz CT molecular complexity index is 318. The van der Waals surface area contributed by atoms with Crippen LogP contribution in [0.4, 0.5) is 0 Å². The minimum Gasteiger partial charge on any atom is -0.376 e. The van der Waals surface area contributed by atoms with Crippen LogP contribution < -0.4 is 0 Å². The van der Waals surface area contributed by atoms with E-state index in [1.807, 2.05) is 13.8 Å². The zero-order valence-corrected chi connectivity index (χ0v) is 10.2. The summed E-state index contributed by atoms with van der Waals surface area (Å²) in [5.74, 6) is 0.0832. The molecular weight excluding hydrogens is 206 g/mol. The van der Waals surface area contributed by atoms with E-state index in [1.165, 1.54) is 0 Å². The maximum atomic E-state index is 12.0. The van der Waals surface area contributed by atoms with Crippen LogP contribution in [0.1, 0.15) is 26.7 Å². The van der Waals surface area contributed by atoms with Gasteiger partial charge in [-0.1, -0.05) is 0 Å². The summed E-state index contributed by atoms with van der Waals surface area (Å²) in [7, 11) is 1.64. The van der Waals surface area contributed by atoms with Crippen molar-refractivity contribution in [2.75, 3.05) is 20.3 Å². The summed E-state index contributed by atoms with van der Waals surface area (Å²) in [4.78, 5) is 13.8. The summed E-state index contributed by atoms with van der Waals surface area (Å²) < 4.78 is 10.9. The molecule has 2 aliphatic heterocycles. The first-order chi connectivity index (χ1) is 7.65. The number of carbonyl (C=O) groups excluding carboxylic acids is 1. The van der Waals surface area contributed by atoms with Crippen molar-refractivity contribution in [3.05, 3.63) is 11.1 Å². The van der Waals surface area contributed by atoms with E-state index in [2.05, 4.69) is 0 Å². The predicted molar refractivity (Wildman–Crippen MR) is 59.9 cm³/mol. The molecule has 4 heteroatoms. The highest BCUT2D eigenvalue weighted by Gasteiger charge is 2.36. The van der Waals surface area contributed by atoms with Crippen molar-refractivity contribution in [3.8, 4) is 0 Å². The summed E-state index contributed by atoms with van der Waals surface area (Å²) in [6.45, 7) is 5.28. The quantitative estimate of drug-likeness (QED) is 0.727. The van der Waals surface area contributed by atoms with Gasteiger partial charge in [0.15, 0.2) is 6.23 Å². The lowest BCUT2D eigenvalue weighted by Crippen LogP contribution is -2.41. The molecule has 0 aromatic carbocycles. The van der Waals surface area contributed by atoms with Crippen LogP contribution in [0.25, 0.3) is 0 Å². The fourth-order valence-electron chi connectivity index (χ4n) is 2.40. The lowest BCUT2D eigenvalue weighted by molar-refractivity contribution is -0.135. The van der Waals surface area contributed by atoms with Gasteiger partial charge in [-0.2, -0.15) is 0 Å².